The molecule has 0 fully saturated rings. The van der Waals surface area contributed by atoms with Gasteiger partial charge in [-0.15, -0.1) is 0 Å². The lowest BCUT2D eigenvalue weighted by Crippen LogP contribution is -1.93. The van der Waals surface area contributed by atoms with Gasteiger partial charge in [0.25, 0.3) is 0 Å². The van der Waals surface area contributed by atoms with E-state index in [0.29, 0.717) is 5.75 Å². The number of benzene rings is 2. The van der Waals surface area contributed by atoms with Crippen molar-refractivity contribution in [3.05, 3.63) is 85.5 Å². The molecule has 0 amide bonds. The second kappa shape index (κ2) is 7.31. The minimum atomic E-state index is 0.280. The zero-order chi connectivity index (χ0) is 21.5. The molecule has 4 aromatic heterocycles. The Morgan fingerprint density at radius 1 is 0.938 bits per heavy atom. The first kappa shape index (κ1) is 18.3. The second-order valence-corrected chi connectivity index (χ2v) is 7.54. The van der Waals surface area contributed by atoms with Crippen LogP contribution in [-0.2, 0) is 7.05 Å². The van der Waals surface area contributed by atoms with E-state index in [-0.39, 0.29) is 6.01 Å². The molecule has 0 atom stereocenters. The van der Waals surface area contributed by atoms with Crippen LogP contribution in [0.2, 0.25) is 0 Å². The van der Waals surface area contributed by atoms with E-state index < -0.39 is 0 Å². The molecule has 1 N–H and O–H groups in total. The minimum absolute atomic E-state index is 0.280. The highest BCUT2D eigenvalue weighted by Gasteiger charge is 2.13. The molecule has 154 valence electrons. The molecule has 0 unspecified atom stereocenters. The number of nitrogens with one attached hydrogen (secondary N) is 1. The zero-order valence-electron chi connectivity index (χ0n) is 17.2. The average molecular weight is 418 g/mol. The molecule has 0 aliphatic carbocycles. The van der Waals surface area contributed by atoms with Crippen molar-refractivity contribution in [2.24, 2.45) is 7.05 Å². The van der Waals surface area contributed by atoms with Crippen LogP contribution in [0.3, 0.4) is 0 Å². The SMILES string of the molecule is Cn1cc(-c2cccc(Oc3nccc(-c4cn[nH]c4)n3)c2)c2nc3ccccc3cc21. The van der Waals surface area contributed by atoms with Crippen LogP contribution < -0.4 is 4.74 Å². The molecule has 6 rings (SSSR count). The lowest BCUT2D eigenvalue weighted by molar-refractivity contribution is 0.442. The van der Waals surface area contributed by atoms with Crippen molar-refractivity contribution in [1.82, 2.24) is 29.7 Å². The van der Waals surface area contributed by atoms with Crippen molar-refractivity contribution >= 4 is 21.9 Å². The quantitative estimate of drug-likeness (QED) is 0.416. The third-order valence-corrected chi connectivity index (χ3v) is 5.44. The number of ether oxygens (including phenoxy) is 1. The molecule has 0 bridgehead atoms. The summed E-state index contributed by atoms with van der Waals surface area (Å²) in [5.74, 6) is 0.657. The number of pyridine rings is 1. The summed E-state index contributed by atoms with van der Waals surface area (Å²) < 4.78 is 8.09. The Balaban J connectivity index is 1.39. The standard InChI is InChI=1S/C25H18N6O/c1-31-15-20(24-23(31)12-17-5-2-3-8-21(17)29-24)16-6-4-7-19(11-16)32-25-26-10-9-22(30-25)18-13-27-28-14-18/h2-15H,1H3,(H,27,28). The fourth-order valence-electron chi connectivity index (χ4n) is 3.88. The maximum Gasteiger partial charge on any atom is 0.322 e. The Kier molecular flexibility index (Phi) is 4.18. The smallest absolute Gasteiger partial charge is 0.322 e. The molecular weight excluding hydrogens is 400 g/mol. The number of rotatable bonds is 4. The van der Waals surface area contributed by atoms with Gasteiger partial charge in [-0.05, 0) is 35.9 Å². The Labute approximate surface area is 183 Å². The number of hydrogen-bond acceptors (Lipinski definition) is 5. The van der Waals surface area contributed by atoms with Gasteiger partial charge < -0.3 is 9.30 Å². The first-order valence-electron chi connectivity index (χ1n) is 10.2. The van der Waals surface area contributed by atoms with E-state index in [2.05, 4.69) is 49.1 Å². The van der Waals surface area contributed by atoms with Gasteiger partial charge >= 0.3 is 6.01 Å². The third-order valence-electron chi connectivity index (χ3n) is 5.44. The summed E-state index contributed by atoms with van der Waals surface area (Å²) >= 11 is 0. The van der Waals surface area contributed by atoms with Gasteiger partial charge in [-0.1, -0.05) is 30.3 Å². The summed E-state index contributed by atoms with van der Waals surface area (Å²) in [5.41, 5.74) is 6.70. The van der Waals surface area contributed by atoms with Crippen LogP contribution in [0.5, 0.6) is 11.8 Å². The number of H-pyrrole nitrogens is 1. The molecule has 4 heterocycles. The summed E-state index contributed by atoms with van der Waals surface area (Å²) in [6.07, 6.45) is 7.27. The minimum Gasteiger partial charge on any atom is -0.424 e. The number of fused-ring (bicyclic) bond motifs is 2. The fourth-order valence-corrected chi connectivity index (χ4v) is 3.88. The van der Waals surface area contributed by atoms with Crippen molar-refractivity contribution in [3.8, 4) is 34.1 Å². The van der Waals surface area contributed by atoms with E-state index in [9.17, 15) is 0 Å². The Morgan fingerprint density at radius 3 is 2.78 bits per heavy atom. The molecule has 7 nitrogen and oxygen atoms in total. The van der Waals surface area contributed by atoms with Crippen LogP contribution in [0.15, 0.2) is 85.5 Å². The highest BCUT2D eigenvalue weighted by Crippen LogP contribution is 2.33. The van der Waals surface area contributed by atoms with E-state index in [1.807, 2.05) is 49.5 Å². The van der Waals surface area contributed by atoms with Crippen LogP contribution in [0.1, 0.15) is 0 Å². The number of para-hydroxylation sites is 1. The topological polar surface area (TPSA) is 81.5 Å². The van der Waals surface area contributed by atoms with Crippen LogP contribution in [0.4, 0.5) is 0 Å². The van der Waals surface area contributed by atoms with Crippen LogP contribution in [0, 0.1) is 0 Å². The lowest BCUT2D eigenvalue weighted by Gasteiger charge is -2.07. The Hall–Kier alpha value is -4.52. The highest BCUT2D eigenvalue weighted by atomic mass is 16.5. The molecule has 0 aliphatic rings. The first-order chi connectivity index (χ1) is 15.7. The molecule has 2 aromatic carbocycles. The predicted molar refractivity (Wildman–Crippen MR) is 123 cm³/mol. The second-order valence-electron chi connectivity index (χ2n) is 7.54. The van der Waals surface area contributed by atoms with E-state index in [1.54, 1.807) is 18.6 Å². The molecule has 0 saturated carbocycles. The molecular formula is C25H18N6O. The highest BCUT2D eigenvalue weighted by molar-refractivity contribution is 5.99. The van der Waals surface area contributed by atoms with E-state index in [1.165, 1.54) is 0 Å². The summed E-state index contributed by atoms with van der Waals surface area (Å²) in [4.78, 5) is 13.7. The lowest BCUT2D eigenvalue weighted by atomic mass is 10.1. The van der Waals surface area contributed by atoms with Crippen molar-refractivity contribution in [1.29, 1.82) is 0 Å². The average Bonchev–Trinajstić information content (AvgIpc) is 3.47. The van der Waals surface area contributed by atoms with Crippen molar-refractivity contribution in [2.75, 3.05) is 0 Å². The predicted octanol–water partition coefficient (Wildman–Crippen LogP) is 5.37. The van der Waals surface area contributed by atoms with E-state index >= 15 is 0 Å². The van der Waals surface area contributed by atoms with Crippen molar-refractivity contribution in [2.45, 2.75) is 0 Å². The summed E-state index contributed by atoms with van der Waals surface area (Å²) in [5, 5.41) is 7.89. The van der Waals surface area contributed by atoms with Gasteiger partial charge in [0.2, 0.25) is 0 Å². The molecule has 0 spiro atoms. The molecule has 6 aromatic rings. The first-order valence-corrected chi connectivity index (χ1v) is 10.2. The van der Waals surface area contributed by atoms with E-state index in [0.717, 1.165) is 44.3 Å². The normalized spacial score (nSPS) is 11.3. The van der Waals surface area contributed by atoms with Crippen molar-refractivity contribution in [3.63, 3.8) is 0 Å². The van der Waals surface area contributed by atoms with Gasteiger partial charge in [-0.3, -0.25) is 5.10 Å². The number of aromatic amines is 1. The van der Waals surface area contributed by atoms with Gasteiger partial charge in [0, 0.05) is 42.2 Å². The maximum absolute atomic E-state index is 5.99. The third kappa shape index (κ3) is 3.16. The summed E-state index contributed by atoms with van der Waals surface area (Å²) in [7, 11) is 2.04. The van der Waals surface area contributed by atoms with Gasteiger partial charge in [0.05, 0.1) is 28.4 Å². The molecule has 0 radical (unpaired) electrons. The molecule has 32 heavy (non-hydrogen) atoms. The molecule has 0 saturated heterocycles. The molecule has 0 aliphatic heterocycles. The largest absolute Gasteiger partial charge is 0.424 e. The van der Waals surface area contributed by atoms with E-state index in [4.69, 9.17) is 9.72 Å². The number of aryl methyl sites for hydroxylation is 1. The van der Waals surface area contributed by atoms with Gasteiger partial charge in [-0.25, -0.2) is 9.97 Å². The molecule has 7 heteroatoms. The number of hydrogen-bond donors (Lipinski definition) is 1. The zero-order valence-corrected chi connectivity index (χ0v) is 17.2. The van der Waals surface area contributed by atoms with Crippen LogP contribution in [0.25, 0.3) is 44.3 Å². The summed E-state index contributed by atoms with van der Waals surface area (Å²) in [6, 6.07) is 20.3. The van der Waals surface area contributed by atoms with Gasteiger partial charge in [-0.2, -0.15) is 10.1 Å². The fraction of sp³-hybridized carbons (Fsp3) is 0.0400. The maximum atomic E-state index is 5.99. The Bertz CT molecular complexity index is 1570. The Morgan fingerprint density at radius 2 is 1.88 bits per heavy atom. The monoisotopic (exact) mass is 418 g/mol. The number of aromatic nitrogens is 6. The van der Waals surface area contributed by atoms with Crippen LogP contribution in [-0.4, -0.2) is 29.7 Å². The number of nitrogens with zero attached hydrogens (tertiary/aromatic N) is 5. The summed E-state index contributed by atoms with van der Waals surface area (Å²) in [6.45, 7) is 0. The van der Waals surface area contributed by atoms with Gasteiger partial charge in [0.15, 0.2) is 0 Å². The van der Waals surface area contributed by atoms with Crippen LogP contribution >= 0.6 is 0 Å². The van der Waals surface area contributed by atoms with Crippen molar-refractivity contribution < 1.29 is 4.74 Å². The van der Waals surface area contributed by atoms with Gasteiger partial charge in [0.1, 0.15) is 5.75 Å².